The predicted molar refractivity (Wildman–Crippen MR) is 138 cm³/mol. The standard InChI is InChI=1S/C22H22Cl3N5O2S/c1-13-9-11-15(12-10-13)18(31)27-20(22(23,24)25)28-21(33)26-17-14(2)29(3)30(19(17)32)16-7-5-4-6-8-16/h4-12,20H,1-3H3,(H,27,31)(H2,26,28,33)/t20-/m0/s1. The van der Waals surface area contributed by atoms with Gasteiger partial charge in [0.15, 0.2) is 5.11 Å². The van der Waals surface area contributed by atoms with Crippen LogP contribution in [0.3, 0.4) is 0 Å². The summed E-state index contributed by atoms with van der Waals surface area (Å²) in [4.78, 5) is 25.7. The number of hydrogen-bond donors (Lipinski definition) is 3. The number of para-hydroxylation sites is 1. The fourth-order valence-electron chi connectivity index (χ4n) is 3.11. The molecule has 0 saturated heterocycles. The van der Waals surface area contributed by atoms with Crippen LogP contribution in [0.1, 0.15) is 21.6 Å². The van der Waals surface area contributed by atoms with Gasteiger partial charge in [-0.15, -0.1) is 0 Å². The van der Waals surface area contributed by atoms with Crippen molar-refractivity contribution in [2.24, 2.45) is 7.05 Å². The SMILES string of the molecule is Cc1ccc(C(=O)N[C@@H](NC(=S)Nc2c(C)n(C)n(-c3ccccc3)c2=O)C(Cl)(Cl)Cl)cc1. The molecule has 7 nitrogen and oxygen atoms in total. The molecule has 0 radical (unpaired) electrons. The fraction of sp³-hybridized carbons (Fsp3) is 0.227. The number of carbonyl (C=O) groups is 1. The van der Waals surface area contributed by atoms with Crippen LogP contribution < -0.4 is 21.5 Å². The number of carbonyl (C=O) groups excluding carboxylic acids is 1. The van der Waals surface area contributed by atoms with Crippen LogP contribution in [0.2, 0.25) is 0 Å². The number of benzene rings is 2. The Kier molecular flexibility index (Phi) is 7.74. The molecule has 3 rings (SSSR count). The van der Waals surface area contributed by atoms with Gasteiger partial charge in [0, 0.05) is 12.6 Å². The molecule has 0 aliphatic carbocycles. The van der Waals surface area contributed by atoms with Crippen LogP contribution >= 0.6 is 47.0 Å². The lowest BCUT2D eigenvalue weighted by molar-refractivity contribution is 0.0934. The molecule has 3 aromatic rings. The van der Waals surface area contributed by atoms with Crippen LogP contribution in [-0.4, -0.2) is 30.3 Å². The van der Waals surface area contributed by atoms with Crippen molar-refractivity contribution < 1.29 is 4.79 Å². The van der Waals surface area contributed by atoms with Gasteiger partial charge in [-0.05, 0) is 50.3 Å². The van der Waals surface area contributed by atoms with E-state index >= 15 is 0 Å². The lowest BCUT2D eigenvalue weighted by atomic mass is 10.1. The van der Waals surface area contributed by atoms with Crippen LogP contribution in [0.5, 0.6) is 0 Å². The van der Waals surface area contributed by atoms with Gasteiger partial charge in [-0.25, -0.2) is 4.68 Å². The zero-order chi connectivity index (χ0) is 24.3. The summed E-state index contributed by atoms with van der Waals surface area (Å²) in [5.74, 6) is -0.455. The Morgan fingerprint density at radius 1 is 1.00 bits per heavy atom. The molecule has 0 unspecified atom stereocenters. The third-order valence-electron chi connectivity index (χ3n) is 4.98. The van der Waals surface area contributed by atoms with E-state index in [1.54, 1.807) is 42.9 Å². The summed E-state index contributed by atoms with van der Waals surface area (Å²) in [5.41, 5.74) is 2.69. The maximum atomic E-state index is 13.1. The van der Waals surface area contributed by atoms with Crippen molar-refractivity contribution in [1.29, 1.82) is 0 Å². The molecular weight excluding hydrogens is 505 g/mol. The molecule has 3 N–H and O–H groups in total. The van der Waals surface area contributed by atoms with Gasteiger partial charge in [0.25, 0.3) is 11.5 Å². The Balaban J connectivity index is 1.79. The first-order valence-corrected chi connectivity index (χ1v) is 11.4. The van der Waals surface area contributed by atoms with E-state index in [4.69, 9.17) is 47.0 Å². The maximum Gasteiger partial charge on any atom is 0.295 e. The lowest BCUT2D eigenvalue weighted by Gasteiger charge is -2.27. The van der Waals surface area contributed by atoms with E-state index in [2.05, 4.69) is 16.0 Å². The van der Waals surface area contributed by atoms with Gasteiger partial charge in [0.1, 0.15) is 11.9 Å². The van der Waals surface area contributed by atoms with E-state index in [9.17, 15) is 9.59 Å². The number of alkyl halides is 3. The van der Waals surface area contributed by atoms with Gasteiger partial charge < -0.3 is 16.0 Å². The second-order valence-electron chi connectivity index (χ2n) is 7.35. The Morgan fingerprint density at radius 3 is 2.18 bits per heavy atom. The van der Waals surface area contributed by atoms with Crippen LogP contribution in [0, 0.1) is 13.8 Å². The van der Waals surface area contributed by atoms with Crippen molar-refractivity contribution in [3.63, 3.8) is 0 Å². The average molecular weight is 527 g/mol. The molecule has 1 amide bonds. The zero-order valence-corrected chi connectivity index (χ0v) is 21.1. The summed E-state index contributed by atoms with van der Waals surface area (Å²) in [6, 6.07) is 16.1. The van der Waals surface area contributed by atoms with Gasteiger partial charge in [-0.3, -0.25) is 14.3 Å². The van der Waals surface area contributed by atoms with E-state index in [0.717, 1.165) is 5.56 Å². The second kappa shape index (κ2) is 10.2. The summed E-state index contributed by atoms with van der Waals surface area (Å²) in [7, 11) is 1.76. The number of aromatic nitrogens is 2. The summed E-state index contributed by atoms with van der Waals surface area (Å²) in [6.07, 6.45) is -1.17. The Labute approximate surface area is 211 Å². The fourth-order valence-corrected chi connectivity index (χ4v) is 3.66. The molecule has 1 atom stereocenters. The largest absolute Gasteiger partial charge is 0.339 e. The van der Waals surface area contributed by atoms with Crippen LogP contribution in [0.15, 0.2) is 59.4 Å². The molecule has 1 aromatic heterocycles. The first-order valence-electron chi connectivity index (χ1n) is 9.85. The zero-order valence-electron chi connectivity index (χ0n) is 18.0. The number of hydrogen-bond acceptors (Lipinski definition) is 3. The minimum absolute atomic E-state index is 0.00143. The van der Waals surface area contributed by atoms with E-state index in [-0.39, 0.29) is 16.4 Å². The topological polar surface area (TPSA) is 80.1 Å². The molecule has 0 aliphatic heterocycles. The number of amides is 1. The van der Waals surface area contributed by atoms with Crippen molar-refractivity contribution in [1.82, 2.24) is 20.0 Å². The van der Waals surface area contributed by atoms with E-state index in [1.165, 1.54) is 4.68 Å². The van der Waals surface area contributed by atoms with E-state index < -0.39 is 15.9 Å². The van der Waals surface area contributed by atoms with E-state index in [1.807, 2.05) is 37.3 Å². The Bertz CT molecular complexity index is 1220. The number of anilines is 1. The van der Waals surface area contributed by atoms with Crippen molar-refractivity contribution in [2.75, 3.05) is 5.32 Å². The molecule has 0 aliphatic rings. The van der Waals surface area contributed by atoms with Crippen molar-refractivity contribution in [3.05, 3.63) is 81.8 Å². The third-order valence-corrected chi connectivity index (χ3v) is 5.86. The quantitative estimate of drug-likeness (QED) is 0.264. The number of nitrogens with zero attached hydrogens (tertiary/aromatic N) is 2. The lowest BCUT2D eigenvalue weighted by Crippen LogP contribution is -2.56. The van der Waals surface area contributed by atoms with Crippen molar-refractivity contribution >= 4 is 63.7 Å². The van der Waals surface area contributed by atoms with Crippen molar-refractivity contribution in [2.45, 2.75) is 23.8 Å². The minimum Gasteiger partial charge on any atom is -0.339 e. The van der Waals surface area contributed by atoms with Gasteiger partial charge >= 0.3 is 0 Å². The highest BCUT2D eigenvalue weighted by Crippen LogP contribution is 2.29. The smallest absolute Gasteiger partial charge is 0.295 e. The first-order chi connectivity index (χ1) is 15.5. The molecule has 0 bridgehead atoms. The summed E-state index contributed by atoms with van der Waals surface area (Å²) < 4.78 is 1.28. The molecule has 0 fully saturated rings. The highest BCUT2D eigenvalue weighted by atomic mass is 35.6. The van der Waals surface area contributed by atoms with Gasteiger partial charge in [0.05, 0.1) is 11.4 Å². The van der Waals surface area contributed by atoms with Gasteiger partial charge in [-0.2, -0.15) is 0 Å². The average Bonchev–Trinajstić information content (AvgIpc) is 2.96. The molecule has 2 aromatic carbocycles. The van der Waals surface area contributed by atoms with Crippen molar-refractivity contribution in [3.8, 4) is 5.69 Å². The highest BCUT2D eigenvalue weighted by molar-refractivity contribution is 7.80. The predicted octanol–water partition coefficient (Wildman–Crippen LogP) is 4.21. The minimum atomic E-state index is -1.93. The normalized spacial score (nSPS) is 12.2. The maximum absolute atomic E-state index is 13.1. The molecule has 33 heavy (non-hydrogen) atoms. The van der Waals surface area contributed by atoms with Crippen LogP contribution in [-0.2, 0) is 7.05 Å². The monoisotopic (exact) mass is 525 g/mol. The molecular formula is C22H22Cl3N5O2S. The molecule has 1 heterocycles. The number of rotatable bonds is 5. The first kappa shape index (κ1) is 25.1. The summed E-state index contributed by atoms with van der Waals surface area (Å²) in [5, 5.41) is 8.27. The molecule has 0 spiro atoms. The summed E-state index contributed by atoms with van der Waals surface area (Å²) in [6.45, 7) is 3.69. The number of nitrogens with one attached hydrogen (secondary N) is 3. The van der Waals surface area contributed by atoms with Crippen LogP contribution in [0.25, 0.3) is 5.69 Å². The Morgan fingerprint density at radius 2 is 1.61 bits per heavy atom. The second-order valence-corrected chi connectivity index (χ2v) is 10.1. The molecule has 0 saturated carbocycles. The number of thiocarbonyl (C=S) groups is 1. The highest BCUT2D eigenvalue weighted by Gasteiger charge is 2.35. The molecule has 174 valence electrons. The molecule has 11 heteroatoms. The summed E-state index contributed by atoms with van der Waals surface area (Å²) >= 11 is 23.6. The van der Waals surface area contributed by atoms with Crippen LogP contribution in [0.4, 0.5) is 5.69 Å². The van der Waals surface area contributed by atoms with Gasteiger partial charge in [-0.1, -0.05) is 70.7 Å². The third kappa shape index (κ3) is 5.89. The van der Waals surface area contributed by atoms with E-state index in [0.29, 0.717) is 16.9 Å². The van der Waals surface area contributed by atoms with Gasteiger partial charge in [0.2, 0.25) is 3.79 Å². The Hall–Kier alpha value is -2.52. The number of aryl methyl sites for hydroxylation is 1. The number of halogens is 3.